The highest BCUT2D eigenvalue weighted by Crippen LogP contribution is 2.34. The summed E-state index contributed by atoms with van der Waals surface area (Å²) in [5, 5.41) is 11.7. The van der Waals surface area contributed by atoms with Crippen molar-refractivity contribution in [3.63, 3.8) is 0 Å². The smallest absolute Gasteiger partial charge is 0.251 e. The molecule has 3 unspecified atom stereocenters. The lowest BCUT2D eigenvalue weighted by molar-refractivity contribution is -0.141. The summed E-state index contributed by atoms with van der Waals surface area (Å²) in [4.78, 5) is 43.9. The van der Waals surface area contributed by atoms with Crippen LogP contribution in [0.25, 0.3) is 0 Å². The molecule has 10 heteroatoms. The normalized spacial score (nSPS) is 20.8. The standard InChI is InChI=1S/C32H39BrN6O3/c1-20-16-21(2)29(22(3)17-20)34-30(40)26-8-5-6-9-27(26)31(41)37(4)18-24-19-39(36-35-24)28-10-7-15-38(32(28)42)25-13-11-23(33)12-14-25/h11-14,16-17,19,26-28H,5-10,15,18H2,1-4H3,(H,34,40). The zero-order valence-corrected chi connectivity index (χ0v) is 26.4. The number of nitrogens with zero attached hydrogens (tertiary/aromatic N) is 5. The Hall–Kier alpha value is -3.53. The van der Waals surface area contributed by atoms with Crippen molar-refractivity contribution in [3.8, 4) is 0 Å². The van der Waals surface area contributed by atoms with Gasteiger partial charge in [-0.05, 0) is 81.8 Å². The van der Waals surface area contributed by atoms with E-state index in [1.165, 1.54) is 0 Å². The Bertz CT molecular complexity index is 1450. The Kier molecular flexibility index (Phi) is 9.11. The number of anilines is 2. The maximum Gasteiger partial charge on any atom is 0.251 e. The molecule has 3 amide bonds. The monoisotopic (exact) mass is 634 g/mol. The van der Waals surface area contributed by atoms with E-state index < -0.39 is 6.04 Å². The first kappa shape index (κ1) is 29.9. The van der Waals surface area contributed by atoms with E-state index in [-0.39, 0.29) is 36.1 Å². The fraction of sp³-hybridized carbons (Fsp3) is 0.469. The van der Waals surface area contributed by atoms with Crippen molar-refractivity contribution in [2.45, 2.75) is 71.9 Å². The van der Waals surface area contributed by atoms with Gasteiger partial charge in [0.15, 0.2) is 0 Å². The van der Waals surface area contributed by atoms with Crippen LogP contribution in [0.1, 0.15) is 67.0 Å². The van der Waals surface area contributed by atoms with Crippen LogP contribution in [0.2, 0.25) is 0 Å². The SMILES string of the molecule is Cc1cc(C)c(NC(=O)C2CCCCC2C(=O)N(C)Cc2cn(C3CCCN(c4ccc(Br)cc4)C3=O)nn2)c(C)c1. The van der Waals surface area contributed by atoms with Crippen LogP contribution in [0.4, 0.5) is 11.4 Å². The van der Waals surface area contributed by atoms with E-state index in [1.807, 2.05) is 45.0 Å². The van der Waals surface area contributed by atoms with E-state index >= 15 is 0 Å². The first-order chi connectivity index (χ1) is 20.1. The molecule has 2 aliphatic rings. The molecule has 42 heavy (non-hydrogen) atoms. The third-order valence-corrected chi connectivity index (χ3v) is 9.07. The molecule has 5 rings (SSSR count). The molecule has 0 spiro atoms. The van der Waals surface area contributed by atoms with Gasteiger partial charge in [0.2, 0.25) is 11.8 Å². The average Bonchev–Trinajstić information content (AvgIpc) is 3.43. The summed E-state index contributed by atoms with van der Waals surface area (Å²) >= 11 is 3.45. The van der Waals surface area contributed by atoms with Gasteiger partial charge in [-0.2, -0.15) is 0 Å². The van der Waals surface area contributed by atoms with Crippen LogP contribution in [0.5, 0.6) is 0 Å². The minimum absolute atomic E-state index is 0.0143. The zero-order chi connectivity index (χ0) is 30.0. The molecule has 1 aliphatic heterocycles. The van der Waals surface area contributed by atoms with E-state index in [0.717, 1.165) is 51.8 Å². The predicted molar refractivity (Wildman–Crippen MR) is 166 cm³/mol. The molecule has 1 saturated heterocycles. The van der Waals surface area contributed by atoms with Crippen LogP contribution in [-0.4, -0.2) is 51.2 Å². The van der Waals surface area contributed by atoms with Crippen molar-refractivity contribution in [1.82, 2.24) is 19.9 Å². The zero-order valence-electron chi connectivity index (χ0n) is 24.8. The molecular formula is C32H39BrN6O3. The molecule has 2 fully saturated rings. The van der Waals surface area contributed by atoms with Gasteiger partial charge in [0.25, 0.3) is 5.91 Å². The van der Waals surface area contributed by atoms with Gasteiger partial charge >= 0.3 is 0 Å². The number of carbonyl (C=O) groups is 3. The van der Waals surface area contributed by atoms with Crippen molar-refractivity contribution in [3.05, 3.63) is 69.5 Å². The number of rotatable bonds is 7. The van der Waals surface area contributed by atoms with Gasteiger partial charge in [-0.1, -0.05) is 51.7 Å². The van der Waals surface area contributed by atoms with Crippen molar-refractivity contribution in [2.24, 2.45) is 11.8 Å². The van der Waals surface area contributed by atoms with Gasteiger partial charge in [0.1, 0.15) is 11.7 Å². The number of hydrogen-bond donors (Lipinski definition) is 1. The number of aryl methyl sites for hydroxylation is 3. The van der Waals surface area contributed by atoms with Crippen LogP contribution < -0.4 is 10.2 Å². The minimum atomic E-state index is -0.440. The van der Waals surface area contributed by atoms with E-state index in [0.29, 0.717) is 31.5 Å². The van der Waals surface area contributed by atoms with Crippen molar-refractivity contribution in [1.29, 1.82) is 0 Å². The molecule has 1 N–H and O–H groups in total. The number of amides is 3. The van der Waals surface area contributed by atoms with Crippen molar-refractivity contribution >= 4 is 45.0 Å². The summed E-state index contributed by atoms with van der Waals surface area (Å²) in [5.74, 6) is -0.928. The van der Waals surface area contributed by atoms with Crippen LogP contribution >= 0.6 is 15.9 Å². The summed E-state index contributed by atoms with van der Waals surface area (Å²) in [6.45, 7) is 6.96. The highest BCUT2D eigenvalue weighted by Gasteiger charge is 2.38. The average molecular weight is 636 g/mol. The second kappa shape index (κ2) is 12.8. The number of benzene rings is 2. The van der Waals surface area contributed by atoms with Gasteiger partial charge in [-0.3, -0.25) is 14.4 Å². The van der Waals surface area contributed by atoms with E-state index in [2.05, 4.69) is 43.7 Å². The molecule has 3 aromatic rings. The molecule has 1 saturated carbocycles. The summed E-state index contributed by atoms with van der Waals surface area (Å²) in [6.07, 6.45) is 6.53. The first-order valence-corrected chi connectivity index (χ1v) is 15.5. The molecule has 3 atom stereocenters. The minimum Gasteiger partial charge on any atom is -0.339 e. The highest BCUT2D eigenvalue weighted by molar-refractivity contribution is 9.10. The largest absolute Gasteiger partial charge is 0.339 e. The predicted octanol–water partition coefficient (Wildman–Crippen LogP) is 5.74. The second-order valence-corrected chi connectivity index (χ2v) is 12.7. The maximum atomic E-state index is 13.7. The molecular weight excluding hydrogens is 596 g/mol. The van der Waals surface area contributed by atoms with E-state index in [4.69, 9.17) is 0 Å². The maximum absolute atomic E-state index is 13.7. The molecule has 2 heterocycles. The highest BCUT2D eigenvalue weighted by atomic mass is 79.9. The Morgan fingerprint density at radius 3 is 2.36 bits per heavy atom. The van der Waals surface area contributed by atoms with Crippen molar-refractivity contribution in [2.75, 3.05) is 23.8 Å². The second-order valence-electron chi connectivity index (χ2n) is 11.8. The third kappa shape index (κ3) is 6.43. The Labute approximate surface area is 255 Å². The van der Waals surface area contributed by atoms with Gasteiger partial charge < -0.3 is 15.1 Å². The van der Waals surface area contributed by atoms with Crippen LogP contribution in [0, 0.1) is 32.6 Å². The third-order valence-electron chi connectivity index (χ3n) is 8.55. The topological polar surface area (TPSA) is 100 Å². The van der Waals surface area contributed by atoms with E-state index in [9.17, 15) is 14.4 Å². The Morgan fingerprint density at radius 2 is 1.67 bits per heavy atom. The van der Waals surface area contributed by atoms with Crippen LogP contribution in [0.15, 0.2) is 47.1 Å². The summed E-state index contributed by atoms with van der Waals surface area (Å²) in [5.41, 5.74) is 5.51. The lowest BCUT2D eigenvalue weighted by Gasteiger charge is -2.32. The van der Waals surface area contributed by atoms with Gasteiger partial charge in [0, 0.05) is 41.3 Å². The molecule has 2 aromatic carbocycles. The number of piperidine rings is 1. The fourth-order valence-electron chi connectivity index (χ4n) is 6.45. The van der Waals surface area contributed by atoms with Gasteiger partial charge in [0.05, 0.1) is 12.7 Å². The number of aromatic nitrogens is 3. The summed E-state index contributed by atoms with van der Waals surface area (Å²) in [6, 6.07) is 11.4. The molecule has 1 aromatic heterocycles. The fourth-order valence-corrected chi connectivity index (χ4v) is 6.72. The number of nitrogens with one attached hydrogen (secondary N) is 1. The van der Waals surface area contributed by atoms with Gasteiger partial charge in [-0.15, -0.1) is 5.10 Å². The summed E-state index contributed by atoms with van der Waals surface area (Å²) in [7, 11) is 1.75. The number of hydrogen-bond acceptors (Lipinski definition) is 5. The molecule has 1 aliphatic carbocycles. The molecule has 0 radical (unpaired) electrons. The van der Waals surface area contributed by atoms with E-state index in [1.54, 1.807) is 27.7 Å². The lowest BCUT2D eigenvalue weighted by atomic mass is 9.77. The van der Waals surface area contributed by atoms with Crippen LogP contribution in [0.3, 0.4) is 0 Å². The lowest BCUT2D eigenvalue weighted by Crippen LogP contribution is -2.42. The quantitative estimate of drug-likeness (QED) is 0.357. The number of halogens is 1. The Morgan fingerprint density at radius 1 is 1.00 bits per heavy atom. The Balaban J connectivity index is 1.24. The molecule has 9 nitrogen and oxygen atoms in total. The molecule has 222 valence electrons. The summed E-state index contributed by atoms with van der Waals surface area (Å²) < 4.78 is 2.59. The molecule has 0 bridgehead atoms. The van der Waals surface area contributed by atoms with Crippen LogP contribution in [-0.2, 0) is 20.9 Å². The first-order valence-electron chi connectivity index (χ1n) is 14.7. The number of carbonyl (C=O) groups excluding carboxylic acids is 3. The van der Waals surface area contributed by atoms with Crippen molar-refractivity contribution < 1.29 is 14.4 Å². The van der Waals surface area contributed by atoms with Gasteiger partial charge in [-0.25, -0.2) is 4.68 Å².